The highest BCUT2D eigenvalue weighted by atomic mass is 16.5. The quantitative estimate of drug-likeness (QED) is 0.915. The van der Waals surface area contributed by atoms with Gasteiger partial charge in [0.1, 0.15) is 5.75 Å². The first-order chi connectivity index (χ1) is 11.7. The van der Waals surface area contributed by atoms with E-state index >= 15 is 0 Å². The van der Waals surface area contributed by atoms with Crippen LogP contribution in [0.1, 0.15) is 42.3 Å². The lowest BCUT2D eigenvalue weighted by atomic mass is 9.93. The average molecular weight is 328 g/mol. The highest BCUT2D eigenvalue weighted by Gasteiger charge is 2.24. The summed E-state index contributed by atoms with van der Waals surface area (Å²) in [6, 6.07) is 5.97. The largest absolute Gasteiger partial charge is 0.495 e. The number of rotatable bonds is 5. The van der Waals surface area contributed by atoms with Gasteiger partial charge in [-0.05, 0) is 38.0 Å². The Kier molecular flexibility index (Phi) is 5.13. The molecule has 1 fully saturated rings. The maximum absolute atomic E-state index is 12.4. The van der Waals surface area contributed by atoms with E-state index in [9.17, 15) is 4.79 Å². The van der Waals surface area contributed by atoms with Crippen LogP contribution in [0.5, 0.6) is 5.75 Å². The Morgan fingerprint density at radius 1 is 1.38 bits per heavy atom. The molecule has 0 bridgehead atoms. The van der Waals surface area contributed by atoms with Gasteiger partial charge in [0.15, 0.2) is 0 Å². The van der Waals surface area contributed by atoms with Gasteiger partial charge in [-0.1, -0.05) is 0 Å². The van der Waals surface area contributed by atoms with Gasteiger partial charge in [-0.15, -0.1) is 0 Å². The number of carbonyl (C=O) groups is 1. The Hall–Kier alpha value is -2.37. The summed E-state index contributed by atoms with van der Waals surface area (Å²) in [4.78, 5) is 18.8. The number of hydrogen-bond acceptors (Lipinski definition) is 4. The molecule has 128 valence electrons. The maximum Gasteiger partial charge on any atom is 0.222 e. The molecule has 2 aromatic heterocycles. The molecule has 0 atom stereocenters. The molecule has 0 unspecified atom stereocenters. The van der Waals surface area contributed by atoms with Crippen LogP contribution in [-0.2, 0) is 11.2 Å². The molecule has 6 nitrogen and oxygen atoms in total. The van der Waals surface area contributed by atoms with Crippen molar-refractivity contribution in [2.75, 3.05) is 20.2 Å². The summed E-state index contributed by atoms with van der Waals surface area (Å²) in [6.07, 6.45) is 4.91. The first-order valence-corrected chi connectivity index (χ1v) is 8.44. The topological polar surface area (TPSA) is 71.1 Å². The van der Waals surface area contributed by atoms with Crippen molar-refractivity contribution >= 4 is 5.91 Å². The van der Waals surface area contributed by atoms with Crippen molar-refractivity contribution in [1.29, 1.82) is 0 Å². The van der Waals surface area contributed by atoms with Crippen LogP contribution in [0.25, 0.3) is 0 Å². The van der Waals surface area contributed by atoms with Gasteiger partial charge < -0.3 is 9.64 Å². The number of methoxy groups -OCH3 is 1. The molecule has 0 radical (unpaired) electrons. The molecule has 24 heavy (non-hydrogen) atoms. The van der Waals surface area contributed by atoms with Crippen molar-refractivity contribution in [3.8, 4) is 5.75 Å². The Bertz CT molecular complexity index is 673. The molecule has 2 aromatic rings. The van der Waals surface area contributed by atoms with E-state index in [1.54, 1.807) is 13.3 Å². The molecule has 6 heteroatoms. The number of nitrogens with zero attached hydrogens (tertiary/aromatic N) is 3. The van der Waals surface area contributed by atoms with E-state index < -0.39 is 0 Å². The number of H-pyrrole nitrogens is 1. The summed E-state index contributed by atoms with van der Waals surface area (Å²) in [5, 5.41) is 7.10. The number of ether oxygens (including phenoxy) is 1. The lowest BCUT2D eigenvalue weighted by Crippen LogP contribution is -2.38. The number of carbonyl (C=O) groups excluding carboxylic acids is 1. The minimum atomic E-state index is 0.219. The van der Waals surface area contributed by atoms with E-state index in [0.717, 1.165) is 48.8 Å². The number of pyridine rings is 1. The minimum Gasteiger partial charge on any atom is -0.495 e. The van der Waals surface area contributed by atoms with Crippen molar-refractivity contribution < 1.29 is 9.53 Å². The second-order valence-electron chi connectivity index (χ2n) is 6.32. The second kappa shape index (κ2) is 7.47. The number of aryl methyl sites for hydroxylation is 2. The molecule has 0 spiro atoms. The van der Waals surface area contributed by atoms with Gasteiger partial charge >= 0.3 is 0 Å². The van der Waals surface area contributed by atoms with E-state index in [-0.39, 0.29) is 5.91 Å². The molecule has 1 aliphatic rings. The van der Waals surface area contributed by atoms with Gasteiger partial charge in [0, 0.05) is 43.2 Å². The zero-order valence-electron chi connectivity index (χ0n) is 14.3. The van der Waals surface area contributed by atoms with E-state index in [0.29, 0.717) is 18.8 Å². The summed E-state index contributed by atoms with van der Waals surface area (Å²) >= 11 is 0. The normalized spacial score (nSPS) is 15.5. The predicted molar refractivity (Wildman–Crippen MR) is 91.0 cm³/mol. The fraction of sp³-hybridized carbons (Fsp3) is 0.500. The Morgan fingerprint density at radius 3 is 2.75 bits per heavy atom. The van der Waals surface area contributed by atoms with Crippen LogP contribution < -0.4 is 4.74 Å². The van der Waals surface area contributed by atoms with E-state index in [1.807, 2.05) is 30.0 Å². The second-order valence-corrected chi connectivity index (χ2v) is 6.32. The molecule has 3 heterocycles. The zero-order valence-corrected chi connectivity index (χ0v) is 14.3. The van der Waals surface area contributed by atoms with Gasteiger partial charge in [-0.25, -0.2) is 0 Å². The van der Waals surface area contributed by atoms with E-state index in [2.05, 4.69) is 15.2 Å². The molecule has 1 saturated heterocycles. The standard InChI is InChI=1S/C18H24N4O2/c1-13-11-15(21-20-13)3-6-18(23)22-9-7-14(8-10-22)17-5-4-16(24-2)12-19-17/h4-5,11-12,14H,3,6-10H2,1-2H3,(H,20,21). The highest BCUT2D eigenvalue weighted by Crippen LogP contribution is 2.27. The molecule has 1 aliphatic heterocycles. The number of amides is 1. The zero-order chi connectivity index (χ0) is 16.9. The Labute approximate surface area is 142 Å². The first kappa shape index (κ1) is 16.5. The van der Waals surface area contributed by atoms with Crippen molar-refractivity contribution in [2.45, 2.75) is 38.5 Å². The molecular weight excluding hydrogens is 304 g/mol. The number of likely N-dealkylation sites (tertiary alicyclic amines) is 1. The van der Waals surface area contributed by atoms with Crippen molar-refractivity contribution in [1.82, 2.24) is 20.1 Å². The highest BCUT2D eigenvalue weighted by molar-refractivity contribution is 5.76. The van der Waals surface area contributed by atoms with Gasteiger partial charge in [-0.3, -0.25) is 14.9 Å². The fourth-order valence-electron chi connectivity index (χ4n) is 3.17. The van der Waals surface area contributed by atoms with E-state index in [4.69, 9.17) is 4.74 Å². The van der Waals surface area contributed by atoms with Crippen LogP contribution >= 0.6 is 0 Å². The monoisotopic (exact) mass is 328 g/mol. The summed E-state index contributed by atoms with van der Waals surface area (Å²) in [6.45, 7) is 3.57. The molecule has 1 N–H and O–H groups in total. The number of piperidine rings is 1. The molecule has 1 amide bonds. The van der Waals surface area contributed by atoms with Crippen LogP contribution in [0.2, 0.25) is 0 Å². The smallest absolute Gasteiger partial charge is 0.222 e. The lowest BCUT2D eigenvalue weighted by molar-refractivity contribution is -0.132. The van der Waals surface area contributed by atoms with Crippen LogP contribution in [0, 0.1) is 6.92 Å². The van der Waals surface area contributed by atoms with Crippen molar-refractivity contribution in [2.24, 2.45) is 0 Å². The minimum absolute atomic E-state index is 0.219. The molecule has 0 aliphatic carbocycles. The summed E-state index contributed by atoms with van der Waals surface area (Å²) in [5.74, 6) is 1.42. The lowest BCUT2D eigenvalue weighted by Gasteiger charge is -2.31. The summed E-state index contributed by atoms with van der Waals surface area (Å²) in [7, 11) is 1.64. The Morgan fingerprint density at radius 2 is 2.17 bits per heavy atom. The van der Waals surface area contributed by atoms with Crippen LogP contribution in [0.15, 0.2) is 24.4 Å². The molecule has 0 aromatic carbocycles. The average Bonchev–Trinajstić information content (AvgIpc) is 3.05. The van der Waals surface area contributed by atoms with Crippen LogP contribution in [0.4, 0.5) is 0 Å². The fourth-order valence-corrected chi connectivity index (χ4v) is 3.17. The Balaban J connectivity index is 1.47. The van der Waals surface area contributed by atoms with Crippen molar-refractivity contribution in [3.05, 3.63) is 41.5 Å². The maximum atomic E-state index is 12.4. The third kappa shape index (κ3) is 3.93. The molecule has 3 rings (SSSR count). The molecule has 0 saturated carbocycles. The van der Waals surface area contributed by atoms with Gasteiger partial charge in [0.05, 0.1) is 19.0 Å². The third-order valence-corrected chi connectivity index (χ3v) is 4.61. The summed E-state index contributed by atoms with van der Waals surface area (Å²) < 4.78 is 5.15. The van der Waals surface area contributed by atoms with Gasteiger partial charge in [-0.2, -0.15) is 5.10 Å². The van der Waals surface area contributed by atoms with Crippen molar-refractivity contribution in [3.63, 3.8) is 0 Å². The number of aromatic nitrogens is 3. The van der Waals surface area contributed by atoms with Crippen LogP contribution in [-0.4, -0.2) is 46.2 Å². The summed E-state index contributed by atoms with van der Waals surface area (Å²) in [5.41, 5.74) is 3.08. The number of nitrogens with one attached hydrogen (secondary N) is 1. The number of aromatic amines is 1. The SMILES string of the molecule is COc1ccc(C2CCN(C(=O)CCc3cc(C)[nH]n3)CC2)nc1. The number of hydrogen-bond donors (Lipinski definition) is 1. The predicted octanol–water partition coefficient (Wildman–Crippen LogP) is 2.46. The first-order valence-electron chi connectivity index (χ1n) is 8.44. The van der Waals surface area contributed by atoms with E-state index in [1.165, 1.54) is 0 Å². The molecular formula is C18H24N4O2. The van der Waals surface area contributed by atoms with Gasteiger partial charge in [0.25, 0.3) is 0 Å². The third-order valence-electron chi connectivity index (χ3n) is 4.61. The van der Waals surface area contributed by atoms with Crippen LogP contribution in [0.3, 0.4) is 0 Å². The van der Waals surface area contributed by atoms with Gasteiger partial charge in [0.2, 0.25) is 5.91 Å².